The maximum atomic E-state index is 13.7. The van der Waals surface area contributed by atoms with Gasteiger partial charge in [-0.15, -0.1) is 0 Å². The van der Waals surface area contributed by atoms with Crippen LogP contribution in [0.15, 0.2) is 36.4 Å². The van der Waals surface area contributed by atoms with Gasteiger partial charge in [-0.05, 0) is 83.2 Å². The van der Waals surface area contributed by atoms with Crippen LogP contribution in [0.25, 0.3) is 0 Å². The Kier molecular flexibility index (Phi) is 8.94. The number of benzene rings is 2. The third kappa shape index (κ3) is 7.16. The summed E-state index contributed by atoms with van der Waals surface area (Å²) in [5, 5.41) is 17.6. The molecule has 0 aromatic heterocycles. The van der Waals surface area contributed by atoms with Crippen LogP contribution < -0.4 is 25.0 Å². The molecular formula is C31H36Cl2FN3O7. The summed E-state index contributed by atoms with van der Waals surface area (Å²) >= 11 is 11.9. The van der Waals surface area contributed by atoms with Gasteiger partial charge in [-0.3, -0.25) is 14.4 Å². The number of fused-ring (bicyclic) bond motifs is 4. The number of aliphatic hydroxyl groups excluding tert-OH is 1. The second-order valence-electron chi connectivity index (χ2n) is 12.7. The number of anilines is 1. The highest BCUT2D eigenvalue weighted by molar-refractivity contribution is 6.31. The van der Waals surface area contributed by atoms with Crippen LogP contribution in [0.5, 0.6) is 11.5 Å². The fourth-order valence-corrected chi connectivity index (χ4v) is 6.46. The van der Waals surface area contributed by atoms with Gasteiger partial charge in [0.15, 0.2) is 12.7 Å². The molecule has 2 amide bonds. The van der Waals surface area contributed by atoms with E-state index in [4.69, 9.17) is 37.4 Å². The molecule has 2 aromatic rings. The average Bonchev–Trinajstić information content (AvgIpc) is 2.93. The number of ether oxygens (including phenoxy) is 3. The monoisotopic (exact) mass is 651 g/mol. The van der Waals surface area contributed by atoms with Gasteiger partial charge in [0.25, 0.3) is 11.8 Å². The summed E-state index contributed by atoms with van der Waals surface area (Å²) < 4.78 is 30.6. The molecule has 3 fully saturated rings. The van der Waals surface area contributed by atoms with Crippen molar-refractivity contribution in [3.8, 4) is 11.5 Å². The van der Waals surface area contributed by atoms with E-state index in [2.05, 4.69) is 10.6 Å². The lowest BCUT2D eigenvalue weighted by Crippen LogP contribution is -2.71. The van der Waals surface area contributed by atoms with Crippen LogP contribution in [-0.2, 0) is 19.1 Å². The van der Waals surface area contributed by atoms with Crippen LogP contribution in [0.1, 0.15) is 52.9 Å². The molecule has 238 valence electrons. The number of carbonyl (C=O) groups is 3. The first-order chi connectivity index (χ1) is 20.7. The molecule has 3 aliphatic carbocycles. The number of aliphatic hydroxyl groups is 1. The standard InChI is InChI=1S/C31H36Cl2FN3O7/c1-29(2,3)44-27(40)16-37-15-24(43-23-7-4-18(32)12-22(23)37)28(41)36-30-8-10-31(11-9-30,25(38)14-30)35-26(39)17-42-19-5-6-20(33)21(34)13-19/h4-7,12-13,24-25,38H,8-11,14-17H2,1-3H3,(H,35,39)(H,36,41)/t24-,25-,30?,31?/m1/s1. The average molecular weight is 653 g/mol. The van der Waals surface area contributed by atoms with E-state index in [1.165, 1.54) is 12.1 Å². The molecule has 44 heavy (non-hydrogen) atoms. The lowest BCUT2D eigenvalue weighted by atomic mass is 9.60. The molecule has 0 saturated heterocycles. The van der Waals surface area contributed by atoms with E-state index in [9.17, 15) is 23.9 Å². The molecule has 3 N–H and O–H groups in total. The predicted molar refractivity (Wildman–Crippen MR) is 162 cm³/mol. The Bertz CT molecular complexity index is 1440. The van der Waals surface area contributed by atoms with Gasteiger partial charge in [-0.1, -0.05) is 23.2 Å². The van der Waals surface area contributed by atoms with Crippen LogP contribution >= 0.6 is 23.2 Å². The van der Waals surface area contributed by atoms with Crippen molar-refractivity contribution in [3.63, 3.8) is 0 Å². The molecule has 6 rings (SSSR count). The SMILES string of the molecule is CC(C)(C)OC(=O)CN1C[C@H](C(=O)NC23CCC(NC(=O)COc4ccc(Cl)c(F)c4)(CC2)[C@H](O)C3)Oc2ccc(Cl)cc21. The fourth-order valence-electron chi connectivity index (χ4n) is 6.18. The molecule has 3 saturated carbocycles. The maximum absolute atomic E-state index is 13.7. The Hall–Kier alpha value is -3.28. The van der Waals surface area contributed by atoms with E-state index in [1.807, 2.05) is 0 Å². The number of rotatable bonds is 8. The molecular weight excluding hydrogens is 616 g/mol. The van der Waals surface area contributed by atoms with Crippen molar-refractivity contribution in [2.45, 2.75) is 81.8 Å². The quantitative estimate of drug-likeness (QED) is 0.363. The van der Waals surface area contributed by atoms with Gasteiger partial charge in [-0.25, -0.2) is 4.39 Å². The van der Waals surface area contributed by atoms with Crippen molar-refractivity contribution >= 4 is 46.7 Å². The van der Waals surface area contributed by atoms with Crippen molar-refractivity contribution in [2.24, 2.45) is 0 Å². The normalized spacial score (nSPS) is 25.8. The van der Waals surface area contributed by atoms with Gasteiger partial charge >= 0.3 is 5.97 Å². The third-order valence-electron chi connectivity index (χ3n) is 8.31. The Morgan fingerprint density at radius 1 is 1.09 bits per heavy atom. The molecule has 2 aromatic carbocycles. The summed E-state index contributed by atoms with van der Waals surface area (Å²) in [6, 6.07) is 8.89. The second-order valence-corrected chi connectivity index (χ2v) is 13.6. The summed E-state index contributed by atoms with van der Waals surface area (Å²) in [5.41, 5.74) is -1.62. The minimum atomic E-state index is -0.930. The fraction of sp³-hybridized carbons (Fsp3) is 0.516. The molecule has 0 unspecified atom stereocenters. The summed E-state index contributed by atoms with van der Waals surface area (Å²) in [5.74, 6) is -1.34. The molecule has 1 heterocycles. The van der Waals surface area contributed by atoms with Crippen molar-refractivity contribution in [2.75, 3.05) is 24.6 Å². The number of halogens is 3. The highest BCUT2D eigenvalue weighted by Crippen LogP contribution is 2.47. The molecule has 1 aliphatic heterocycles. The Morgan fingerprint density at radius 3 is 2.48 bits per heavy atom. The van der Waals surface area contributed by atoms with Crippen LogP contribution in [-0.4, -0.2) is 71.5 Å². The molecule has 4 aliphatic rings. The third-order valence-corrected chi connectivity index (χ3v) is 8.85. The number of hydrogen-bond acceptors (Lipinski definition) is 8. The van der Waals surface area contributed by atoms with Gasteiger partial charge in [0.1, 0.15) is 29.5 Å². The number of nitrogens with zero attached hydrogens (tertiary/aromatic N) is 1. The molecule has 13 heteroatoms. The first kappa shape index (κ1) is 32.1. The number of hydrogen-bond donors (Lipinski definition) is 3. The van der Waals surface area contributed by atoms with E-state index in [1.54, 1.807) is 43.9 Å². The maximum Gasteiger partial charge on any atom is 0.326 e. The van der Waals surface area contributed by atoms with Gasteiger partial charge in [-0.2, -0.15) is 0 Å². The summed E-state index contributed by atoms with van der Waals surface area (Å²) in [7, 11) is 0. The van der Waals surface area contributed by atoms with Crippen LogP contribution in [0.4, 0.5) is 10.1 Å². The molecule has 0 spiro atoms. The first-order valence-corrected chi connectivity index (χ1v) is 15.2. The van der Waals surface area contributed by atoms with Crippen molar-refractivity contribution in [1.29, 1.82) is 0 Å². The van der Waals surface area contributed by atoms with Gasteiger partial charge in [0.2, 0.25) is 0 Å². The zero-order valence-electron chi connectivity index (χ0n) is 24.8. The number of carbonyl (C=O) groups excluding carboxylic acids is 3. The van der Waals surface area contributed by atoms with E-state index in [-0.39, 0.29) is 42.8 Å². The van der Waals surface area contributed by atoms with Crippen LogP contribution in [0, 0.1) is 5.82 Å². The van der Waals surface area contributed by atoms with Crippen LogP contribution in [0.2, 0.25) is 10.0 Å². The van der Waals surface area contributed by atoms with E-state index in [0.29, 0.717) is 42.1 Å². The Morgan fingerprint density at radius 2 is 1.82 bits per heavy atom. The minimum absolute atomic E-state index is 0.0493. The van der Waals surface area contributed by atoms with Crippen LogP contribution in [0.3, 0.4) is 0 Å². The highest BCUT2D eigenvalue weighted by Gasteiger charge is 2.55. The minimum Gasteiger partial charge on any atom is -0.484 e. The van der Waals surface area contributed by atoms with Gasteiger partial charge in [0, 0.05) is 16.6 Å². The zero-order chi connectivity index (χ0) is 31.9. The summed E-state index contributed by atoms with van der Waals surface area (Å²) in [4.78, 5) is 40.7. The molecule has 0 radical (unpaired) electrons. The summed E-state index contributed by atoms with van der Waals surface area (Å²) in [6.45, 7) is 4.98. The van der Waals surface area contributed by atoms with E-state index >= 15 is 0 Å². The first-order valence-electron chi connectivity index (χ1n) is 14.5. The zero-order valence-corrected chi connectivity index (χ0v) is 26.3. The highest BCUT2D eigenvalue weighted by atomic mass is 35.5. The van der Waals surface area contributed by atoms with E-state index < -0.39 is 46.6 Å². The van der Waals surface area contributed by atoms with Gasteiger partial charge < -0.3 is 34.9 Å². The molecule has 2 bridgehead atoms. The smallest absolute Gasteiger partial charge is 0.326 e. The molecule has 10 nitrogen and oxygen atoms in total. The van der Waals surface area contributed by atoms with Gasteiger partial charge in [0.05, 0.1) is 28.9 Å². The van der Waals surface area contributed by atoms with Crippen molar-refractivity contribution < 1.29 is 38.1 Å². The predicted octanol–water partition coefficient (Wildman–Crippen LogP) is 4.17. The largest absolute Gasteiger partial charge is 0.484 e. The van der Waals surface area contributed by atoms with E-state index in [0.717, 1.165) is 6.07 Å². The Balaban J connectivity index is 1.20. The topological polar surface area (TPSA) is 126 Å². The summed E-state index contributed by atoms with van der Waals surface area (Å²) in [6.07, 6.45) is 0.324. The van der Waals surface area contributed by atoms with Crippen molar-refractivity contribution in [3.05, 3.63) is 52.3 Å². The second kappa shape index (κ2) is 12.3. The molecule has 2 atom stereocenters. The number of nitrogens with one attached hydrogen (secondary N) is 2. The number of esters is 1. The Labute approximate surface area is 265 Å². The lowest BCUT2D eigenvalue weighted by Gasteiger charge is -2.56. The van der Waals surface area contributed by atoms with Crippen molar-refractivity contribution in [1.82, 2.24) is 10.6 Å². The lowest BCUT2D eigenvalue weighted by molar-refractivity contribution is -0.153. The number of amides is 2.